The van der Waals surface area contributed by atoms with Crippen LogP contribution in [0.15, 0.2) is 29.6 Å². The maximum atomic E-state index is 12.3. The molecule has 0 saturated heterocycles. The maximum Gasteiger partial charge on any atom is 0.266 e. The van der Waals surface area contributed by atoms with Crippen LogP contribution in [-0.4, -0.2) is 12.5 Å². The molecule has 1 aromatic carbocycles. The lowest BCUT2D eigenvalue weighted by Gasteiger charge is -2.18. The molecule has 20 heavy (non-hydrogen) atoms. The van der Waals surface area contributed by atoms with E-state index in [2.05, 4.69) is 23.6 Å². The second-order valence-corrected chi connectivity index (χ2v) is 5.90. The predicted octanol–water partition coefficient (Wildman–Crippen LogP) is 3.92. The Kier molecular flexibility index (Phi) is 3.74. The molecule has 1 aromatic heterocycles. The highest BCUT2D eigenvalue weighted by Crippen LogP contribution is 2.26. The molecule has 0 saturated carbocycles. The molecule has 0 spiro atoms. The van der Waals surface area contributed by atoms with Crippen LogP contribution >= 0.6 is 11.3 Å². The van der Waals surface area contributed by atoms with Gasteiger partial charge in [0.25, 0.3) is 5.91 Å². The van der Waals surface area contributed by atoms with Crippen LogP contribution in [-0.2, 0) is 12.8 Å². The lowest BCUT2D eigenvalue weighted by molar-refractivity contribution is 0.103. The van der Waals surface area contributed by atoms with Crippen molar-refractivity contribution in [3.8, 4) is 0 Å². The van der Waals surface area contributed by atoms with Gasteiger partial charge in [-0.25, -0.2) is 0 Å². The molecule has 2 heterocycles. The van der Waals surface area contributed by atoms with Crippen LogP contribution in [0.1, 0.15) is 34.1 Å². The van der Waals surface area contributed by atoms with E-state index in [1.807, 2.05) is 23.6 Å². The Morgan fingerprint density at radius 1 is 1.40 bits per heavy atom. The lowest BCUT2D eigenvalue weighted by Crippen LogP contribution is -2.14. The zero-order valence-corrected chi connectivity index (χ0v) is 12.3. The van der Waals surface area contributed by atoms with Crippen molar-refractivity contribution in [1.82, 2.24) is 0 Å². The first-order valence-electron chi connectivity index (χ1n) is 7.02. The topological polar surface area (TPSA) is 41.1 Å². The molecule has 1 aliphatic heterocycles. The first-order chi connectivity index (χ1) is 9.78. The monoisotopic (exact) mass is 286 g/mol. The molecule has 4 heteroatoms. The van der Waals surface area contributed by atoms with Crippen LogP contribution in [0.4, 0.5) is 11.4 Å². The zero-order valence-electron chi connectivity index (χ0n) is 11.5. The van der Waals surface area contributed by atoms with E-state index < -0.39 is 0 Å². The van der Waals surface area contributed by atoms with Gasteiger partial charge in [-0.05, 0) is 54.0 Å². The smallest absolute Gasteiger partial charge is 0.266 e. The molecule has 0 aliphatic carbocycles. The molecule has 0 bridgehead atoms. The fourth-order valence-electron chi connectivity index (χ4n) is 2.54. The first kappa shape index (κ1) is 13.2. The van der Waals surface area contributed by atoms with Crippen molar-refractivity contribution in [3.63, 3.8) is 0 Å². The van der Waals surface area contributed by atoms with E-state index >= 15 is 0 Å². The fraction of sp³-hybridized carbons (Fsp3) is 0.312. The van der Waals surface area contributed by atoms with Gasteiger partial charge in [0.2, 0.25) is 0 Å². The molecular weight excluding hydrogens is 268 g/mol. The van der Waals surface area contributed by atoms with E-state index in [0.29, 0.717) is 0 Å². The molecule has 0 atom stereocenters. The molecular formula is C16H18N2OS. The standard InChI is InChI=1S/C16H18N2OS/c1-2-11-7-9-20-15(11)16(19)18-13-6-5-12-4-3-8-17-14(12)10-13/h5-7,9-10,17H,2-4,8H2,1H3,(H,18,19). The second kappa shape index (κ2) is 5.67. The number of anilines is 2. The third-order valence-corrected chi connectivity index (χ3v) is 4.60. The van der Waals surface area contributed by atoms with Crippen molar-refractivity contribution in [3.05, 3.63) is 45.6 Å². The van der Waals surface area contributed by atoms with Crippen molar-refractivity contribution in [2.45, 2.75) is 26.2 Å². The van der Waals surface area contributed by atoms with Crippen LogP contribution in [0.25, 0.3) is 0 Å². The number of fused-ring (bicyclic) bond motifs is 1. The summed E-state index contributed by atoms with van der Waals surface area (Å²) in [5, 5.41) is 8.36. The fourth-order valence-corrected chi connectivity index (χ4v) is 3.43. The Morgan fingerprint density at radius 3 is 3.15 bits per heavy atom. The summed E-state index contributed by atoms with van der Waals surface area (Å²) in [5.74, 6) is -0.00684. The summed E-state index contributed by atoms with van der Waals surface area (Å²) in [7, 11) is 0. The Morgan fingerprint density at radius 2 is 2.30 bits per heavy atom. The van der Waals surface area contributed by atoms with Gasteiger partial charge in [-0.3, -0.25) is 4.79 Å². The zero-order chi connectivity index (χ0) is 13.9. The Labute approximate surface area is 123 Å². The summed E-state index contributed by atoms with van der Waals surface area (Å²) in [6, 6.07) is 8.15. The van der Waals surface area contributed by atoms with E-state index in [0.717, 1.165) is 41.2 Å². The summed E-state index contributed by atoms with van der Waals surface area (Å²) in [5.41, 5.74) is 4.46. The number of amides is 1. The number of carbonyl (C=O) groups is 1. The van der Waals surface area contributed by atoms with E-state index in [-0.39, 0.29) is 5.91 Å². The van der Waals surface area contributed by atoms with Crippen molar-refractivity contribution in [2.24, 2.45) is 0 Å². The molecule has 3 rings (SSSR count). The van der Waals surface area contributed by atoms with Gasteiger partial charge in [0.05, 0.1) is 4.88 Å². The predicted molar refractivity (Wildman–Crippen MR) is 84.9 cm³/mol. The minimum Gasteiger partial charge on any atom is -0.385 e. The van der Waals surface area contributed by atoms with Gasteiger partial charge >= 0.3 is 0 Å². The van der Waals surface area contributed by atoms with E-state index in [1.54, 1.807) is 0 Å². The lowest BCUT2D eigenvalue weighted by atomic mass is 10.0. The summed E-state index contributed by atoms with van der Waals surface area (Å²) in [6.07, 6.45) is 3.17. The van der Waals surface area contributed by atoms with Crippen molar-refractivity contribution < 1.29 is 4.79 Å². The SMILES string of the molecule is CCc1ccsc1C(=O)Nc1ccc2c(c1)NCCC2. The molecule has 3 nitrogen and oxygen atoms in total. The normalized spacial score (nSPS) is 13.4. The van der Waals surface area contributed by atoms with Crippen LogP contribution in [0, 0.1) is 0 Å². The average Bonchev–Trinajstić information content (AvgIpc) is 2.95. The average molecular weight is 286 g/mol. The van der Waals surface area contributed by atoms with E-state index in [4.69, 9.17) is 0 Å². The molecule has 0 unspecified atom stereocenters. The van der Waals surface area contributed by atoms with Crippen molar-refractivity contribution >= 4 is 28.6 Å². The second-order valence-electron chi connectivity index (χ2n) is 4.98. The first-order valence-corrected chi connectivity index (χ1v) is 7.90. The number of nitrogens with one attached hydrogen (secondary N) is 2. The van der Waals surface area contributed by atoms with E-state index in [1.165, 1.54) is 23.3 Å². The van der Waals surface area contributed by atoms with Crippen LogP contribution in [0.2, 0.25) is 0 Å². The highest BCUT2D eigenvalue weighted by Gasteiger charge is 2.14. The molecule has 104 valence electrons. The summed E-state index contributed by atoms with van der Waals surface area (Å²) in [6.45, 7) is 3.08. The number of rotatable bonds is 3. The third-order valence-electron chi connectivity index (χ3n) is 3.64. The largest absolute Gasteiger partial charge is 0.385 e. The number of carbonyl (C=O) groups excluding carboxylic acids is 1. The molecule has 2 N–H and O–H groups in total. The van der Waals surface area contributed by atoms with E-state index in [9.17, 15) is 4.79 Å². The molecule has 0 radical (unpaired) electrons. The number of aryl methyl sites for hydroxylation is 2. The Bertz CT molecular complexity index is 633. The number of hydrogen-bond donors (Lipinski definition) is 2. The highest BCUT2D eigenvalue weighted by molar-refractivity contribution is 7.12. The van der Waals surface area contributed by atoms with Gasteiger partial charge in [-0.15, -0.1) is 11.3 Å². The number of benzene rings is 1. The van der Waals surface area contributed by atoms with Crippen LogP contribution in [0.3, 0.4) is 0 Å². The molecule has 1 amide bonds. The minimum absolute atomic E-state index is 0.00684. The number of hydrogen-bond acceptors (Lipinski definition) is 3. The van der Waals surface area contributed by atoms with Gasteiger partial charge < -0.3 is 10.6 Å². The maximum absolute atomic E-state index is 12.3. The number of thiophene rings is 1. The molecule has 1 aliphatic rings. The molecule has 0 fully saturated rings. The Balaban J connectivity index is 1.79. The highest BCUT2D eigenvalue weighted by atomic mass is 32.1. The van der Waals surface area contributed by atoms with Gasteiger partial charge in [0.1, 0.15) is 0 Å². The van der Waals surface area contributed by atoms with Crippen LogP contribution in [0.5, 0.6) is 0 Å². The summed E-state index contributed by atoms with van der Waals surface area (Å²) >= 11 is 1.50. The quantitative estimate of drug-likeness (QED) is 0.898. The molecule has 2 aromatic rings. The van der Waals surface area contributed by atoms with Gasteiger partial charge in [0, 0.05) is 17.9 Å². The summed E-state index contributed by atoms with van der Waals surface area (Å²) < 4.78 is 0. The van der Waals surface area contributed by atoms with Crippen molar-refractivity contribution in [2.75, 3.05) is 17.2 Å². The summed E-state index contributed by atoms with van der Waals surface area (Å²) in [4.78, 5) is 13.1. The van der Waals surface area contributed by atoms with Crippen LogP contribution < -0.4 is 10.6 Å². The van der Waals surface area contributed by atoms with Gasteiger partial charge in [0.15, 0.2) is 0 Å². The third kappa shape index (κ3) is 2.56. The van der Waals surface area contributed by atoms with Gasteiger partial charge in [-0.2, -0.15) is 0 Å². The van der Waals surface area contributed by atoms with Gasteiger partial charge in [-0.1, -0.05) is 13.0 Å². The minimum atomic E-state index is -0.00684. The van der Waals surface area contributed by atoms with Crippen molar-refractivity contribution in [1.29, 1.82) is 0 Å². The Hall–Kier alpha value is -1.81.